The van der Waals surface area contributed by atoms with E-state index >= 15 is 0 Å². The molecule has 1 aliphatic rings. The highest BCUT2D eigenvalue weighted by Gasteiger charge is 2.17. The van der Waals surface area contributed by atoms with Gasteiger partial charge in [0.25, 0.3) is 5.91 Å². The molecule has 2 heterocycles. The Kier molecular flexibility index (Phi) is 5.98. The topological polar surface area (TPSA) is 67.2 Å². The van der Waals surface area contributed by atoms with E-state index in [-0.39, 0.29) is 18.3 Å². The summed E-state index contributed by atoms with van der Waals surface area (Å²) in [5, 5.41) is 6.27. The van der Waals surface area contributed by atoms with Crippen LogP contribution in [-0.2, 0) is 0 Å². The maximum atomic E-state index is 12.1. The first kappa shape index (κ1) is 16.5. The second kappa shape index (κ2) is 7.96. The highest BCUT2D eigenvalue weighted by atomic mass is 35.5. The van der Waals surface area contributed by atoms with E-state index in [1.807, 2.05) is 30.3 Å². The molecule has 3 rings (SSSR count). The van der Waals surface area contributed by atoms with Crippen molar-refractivity contribution in [2.45, 2.75) is 12.8 Å². The SMILES string of the molecule is Cl.O=C(NCC1CCCNC1)c1coc(-c2ccccc2)n1. The van der Waals surface area contributed by atoms with E-state index in [4.69, 9.17) is 4.42 Å². The summed E-state index contributed by atoms with van der Waals surface area (Å²) in [6, 6.07) is 9.56. The largest absolute Gasteiger partial charge is 0.444 e. The summed E-state index contributed by atoms with van der Waals surface area (Å²) in [7, 11) is 0. The van der Waals surface area contributed by atoms with Gasteiger partial charge in [0.15, 0.2) is 5.69 Å². The fourth-order valence-corrected chi connectivity index (χ4v) is 2.52. The van der Waals surface area contributed by atoms with Crippen LogP contribution >= 0.6 is 12.4 Å². The number of rotatable bonds is 4. The quantitative estimate of drug-likeness (QED) is 0.908. The molecule has 0 saturated carbocycles. The van der Waals surface area contributed by atoms with Gasteiger partial charge in [-0.05, 0) is 44.0 Å². The van der Waals surface area contributed by atoms with Gasteiger partial charge in [-0.25, -0.2) is 4.98 Å². The van der Waals surface area contributed by atoms with Gasteiger partial charge in [-0.2, -0.15) is 0 Å². The summed E-state index contributed by atoms with van der Waals surface area (Å²) in [6.07, 6.45) is 3.74. The average molecular weight is 322 g/mol. The number of hydrogen-bond acceptors (Lipinski definition) is 4. The number of aromatic nitrogens is 1. The van der Waals surface area contributed by atoms with Gasteiger partial charge in [-0.3, -0.25) is 4.79 Å². The Labute approximate surface area is 135 Å². The molecule has 0 radical (unpaired) electrons. The summed E-state index contributed by atoms with van der Waals surface area (Å²) < 4.78 is 5.38. The number of nitrogens with one attached hydrogen (secondary N) is 2. The molecule has 1 atom stereocenters. The molecule has 6 heteroatoms. The van der Waals surface area contributed by atoms with E-state index in [1.54, 1.807) is 0 Å². The summed E-state index contributed by atoms with van der Waals surface area (Å²) >= 11 is 0. The van der Waals surface area contributed by atoms with Gasteiger partial charge in [0.05, 0.1) is 0 Å². The van der Waals surface area contributed by atoms with Crippen LogP contribution in [0.4, 0.5) is 0 Å². The Balaban J connectivity index is 0.00000176. The van der Waals surface area contributed by atoms with Crippen LogP contribution in [0.2, 0.25) is 0 Å². The fraction of sp³-hybridized carbons (Fsp3) is 0.375. The molecule has 1 amide bonds. The van der Waals surface area contributed by atoms with Crippen molar-refractivity contribution in [2.24, 2.45) is 5.92 Å². The molecule has 0 spiro atoms. The van der Waals surface area contributed by atoms with Gasteiger partial charge in [0.2, 0.25) is 5.89 Å². The first-order chi connectivity index (χ1) is 10.3. The fourth-order valence-electron chi connectivity index (χ4n) is 2.52. The van der Waals surface area contributed by atoms with Crippen molar-refractivity contribution in [3.63, 3.8) is 0 Å². The Morgan fingerprint density at radius 2 is 2.18 bits per heavy atom. The van der Waals surface area contributed by atoms with Gasteiger partial charge < -0.3 is 15.1 Å². The molecule has 5 nitrogen and oxygen atoms in total. The molecule has 1 aromatic carbocycles. The second-order valence-electron chi connectivity index (χ2n) is 5.33. The van der Waals surface area contributed by atoms with Crippen LogP contribution in [-0.4, -0.2) is 30.5 Å². The first-order valence-electron chi connectivity index (χ1n) is 7.33. The van der Waals surface area contributed by atoms with Crippen LogP contribution in [0, 0.1) is 5.92 Å². The smallest absolute Gasteiger partial charge is 0.273 e. The summed E-state index contributed by atoms with van der Waals surface area (Å²) in [5.74, 6) is 0.801. The predicted octanol–water partition coefficient (Wildman–Crippen LogP) is 2.49. The zero-order chi connectivity index (χ0) is 14.5. The van der Waals surface area contributed by atoms with Gasteiger partial charge >= 0.3 is 0 Å². The van der Waals surface area contributed by atoms with Crippen LogP contribution in [0.1, 0.15) is 23.3 Å². The summed E-state index contributed by atoms with van der Waals surface area (Å²) in [4.78, 5) is 16.3. The highest BCUT2D eigenvalue weighted by Crippen LogP contribution is 2.18. The number of piperidine rings is 1. The maximum Gasteiger partial charge on any atom is 0.273 e. The van der Waals surface area contributed by atoms with Crippen molar-refractivity contribution in [1.29, 1.82) is 0 Å². The lowest BCUT2D eigenvalue weighted by Gasteiger charge is -2.22. The van der Waals surface area contributed by atoms with Gasteiger partial charge in [-0.1, -0.05) is 18.2 Å². The normalized spacial score (nSPS) is 17.5. The van der Waals surface area contributed by atoms with Crippen LogP contribution in [0.5, 0.6) is 0 Å². The number of carbonyl (C=O) groups excluding carboxylic acids is 1. The first-order valence-corrected chi connectivity index (χ1v) is 7.33. The third-order valence-electron chi connectivity index (χ3n) is 3.71. The summed E-state index contributed by atoms with van der Waals surface area (Å²) in [5.41, 5.74) is 1.20. The van der Waals surface area contributed by atoms with Gasteiger partial charge in [-0.15, -0.1) is 12.4 Å². The number of amides is 1. The Bertz CT molecular complexity index is 594. The lowest BCUT2D eigenvalue weighted by molar-refractivity contribution is 0.0940. The summed E-state index contributed by atoms with van der Waals surface area (Å²) in [6.45, 7) is 2.72. The standard InChI is InChI=1S/C16H19N3O2.ClH/c20-15(18-10-12-5-4-8-17-9-12)14-11-21-16(19-14)13-6-2-1-3-7-13;/h1-3,6-7,11-12,17H,4-5,8-10H2,(H,18,20);1H. The average Bonchev–Trinajstić information content (AvgIpc) is 3.04. The van der Waals surface area contributed by atoms with Crippen LogP contribution < -0.4 is 10.6 Å². The van der Waals surface area contributed by atoms with Crippen molar-refractivity contribution < 1.29 is 9.21 Å². The van der Waals surface area contributed by atoms with Crippen molar-refractivity contribution in [3.05, 3.63) is 42.3 Å². The van der Waals surface area contributed by atoms with Crippen molar-refractivity contribution in [3.8, 4) is 11.5 Å². The molecular formula is C16H20ClN3O2. The molecule has 0 bridgehead atoms. The molecule has 2 N–H and O–H groups in total. The number of oxazole rings is 1. The molecule has 22 heavy (non-hydrogen) atoms. The predicted molar refractivity (Wildman–Crippen MR) is 87.1 cm³/mol. The zero-order valence-corrected chi connectivity index (χ0v) is 13.1. The number of nitrogens with zero attached hydrogens (tertiary/aromatic N) is 1. The maximum absolute atomic E-state index is 12.1. The Hall–Kier alpha value is -1.85. The van der Waals surface area contributed by atoms with Crippen molar-refractivity contribution in [1.82, 2.24) is 15.6 Å². The molecule has 118 valence electrons. The number of carbonyl (C=O) groups is 1. The molecule has 0 aliphatic carbocycles. The number of halogens is 1. The van der Waals surface area contributed by atoms with E-state index in [1.165, 1.54) is 12.7 Å². The molecule has 1 aliphatic heterocycles. The minimum Gasteiger partial charge on any atom is -0.444 e. The van der Waals surface area contributed by atoms with E-state index in [2.05, 4.69) is 15.6 Å². The highest BCUT2D eigenvalue weighted by molar-refractivity contribution is 5.92. The van der Waals surface area contributed by atoms with Crippen LogP contribution in [0.15, 0.2) is 41.0 Å². The molecule has 1 fully saturated rings. The number of hydrogen-bond donors (Lipinski definition) is 2. The zero-order valence-electron chi connectivity index (χ0n) is 12.2. The minimum absolute atomic E-state index is 0. The molecule has 1 aromatic heterocycles. The van der Waals surface area contributed by atoms with Gasteiger partial charge in [0, 0.05) is 12.1 Å². The van der Waals surface area contributed by atoms with Crippen molar-refractivity contribution >= 4 is 18.3 Å². The molecule has 1 unspecified atom stereocenters. The minimum atomic E-state index is -0.175. The van der Waals surface area contributed by atoms with Crippen molar-refractivity contribution in [2.75, 3.05) is 19.6 Å². The molecule has 1 saturated heterocycles. The van der Waals surface area contributed by atoms with E-state index in [9.17, 15) is 4.79 Å². The Morgan fingerprint density at radius 3 is 2.91 bits per heavy atom. The third-order valence-corrected chi connectivity index (χ3v) is 3.71. The molecule has 2 aromatic rings. The van der Waals surface area contributed by atoms with E-state index in [0.717, 1.165) is 25.1 Å². The number of benzene rings is 1. The van der Waals surface area contributed by atoms with E-state index < -0.39 is 0 Å². The lowest BCUT2D eigenvalue weighted by atomic mass is 10.00. The van der Waals surface area contributed by atoms with Crippen LogP contribution in [0.3, 0.4) is 0 Å². The third kappa shape index (κ3) is 4.08. The van der Waals surface area contributed by atoms with Gasteiger partial charge in [0.1, 0.15) is 6.26 Å². The molecular weight excluding hydrogens is 302 g/mol. The van der Waals surface area contributed by atoms with E-state index in [0.29, 0.717) is 24.0 Å². The monoisotopic (exact) mass is 321 g/mol. The van der Waals surface area contributed by atoms with Crippen LogP contribution in [0.25, 0.3) is 11.5 Å². The second-order valence-corrected chi connectivity index (χ2v) is 5.33. The lowest BCUT2D eigenvalue weighted by Crippen LogP contribution is -2.38. The Morgan fingerprint density at radius 1 is 1.36 bits per heavy atom.